The number of ether oxygens (including phenoxy) is 1. The van der Waals surface area contributed by atoms with Crippen molar-refractivity contribution in [3.8, 4) is 0 Å². The molecular weight excluding hydrogens is 428 g/mol. The molecule has 1 atom stereocenters. The van der Waals surface area contributed by atoms with Crippen LogP contribution in [-0.2, 0) is 24.4 Å². The van der Waals surface area contributed by atoms with Crippen LogP contribution >= 0.6 is 0 Å². The first-order valence-corrected chi connectivity index (χ1v) is 11.7. The molecule has 34 heavy (non-hydrogen) atoms. The number of aromatic amines is 1. The predicted octanol–water partition coefficient (Wildman–Crippen LogP) is 3.93. The Morgan fingerprint density at radius 2 is 1.91 bits per heavy atom. The van der Waals surface area contributed by atoms with E-state index in [9.17, 15) is 4.79 Å². The van der Waals surface area contributed by atoms with Crippen molar-refractivity contribution in [2.75, 3.05) is 13.7 Å². The van der Waals surface area contributed by atoms with Crippen molar-refractivity contribution >= 4 is 10.9 Å². The fourth-order valence-corrected chi connectivity index (χ4v) is 4.54. The molecule has 0 unspecified atom stereocenters. The second-order valence-electron chi connectivity index (χ2n) is 8.73. The number of fused-ring (bicyclic) bond motifs is 1. The van der Waals surface area contributed by atoms with E-state index >= 15 is 0 Å². The molecule has 178 valence electrons. The molecular formula is C26H32N6O2. The molecule has 2 aromatic carbocycles. The van der Waals surface area contributed by atoms with Gasteiger partial charge in [0.15, 0.2) is 5.82 Å². The Morgan fingerprint density at radius 1 is 1.12 bits per heavy atom. The summed E-state index contributed by atoms with van der Waals surface area (Å²) in [5, 5.41) is 13.5. The lowest BCUT2D eigenvalue weighted by Crippen LogP contribution is -2.32. The molecule has 2 heterocycles. The summed E-state index contributed by atoms with van der Waals surface area (Å²) >= 11 is 0. The molecule has 0 radical (unpaired) electrons. The van der Waals surface area contributed by atoms with Crippen molar-refractivity contribution in [1.29, 1.82) is 0 Å². The Balaban J connectivity index is 1.74. The lowest BCUT2D eigenvalue weighted by molar-refractivity contribution is 0.151. The van der Waals surface area contributed by atoms with E-state index in [-0.39, 0.29) is 11.6 Å². The summed E-state index contributed by atoms with van der Waals surface area (Å²) in [5.74, 6) is 0.777. The van der Waals surface area contributed by atoms with Gasteiger partial charge in [0.2, 0.25) is 0 Å². The van der Waals surface area contributed by atoms with Gasteiger partial charge < -0.3 is 9.72 Å². The van der Waals surface area contributed by atoms with Gasteiger partial charge in [-0.05, 0) is 59.5 Å². The number of rotatable bonds is 10. The van der Waals surface area contributed by atoms with Crippen LogP contribution in [-0.4, -0.2) is 43.8 Å². The van der Waals surface area contributed by atoms with E-state index in [4.69, 9.17) is 4.74 Å². The summed E-state index contributed by atoms with van der Waals surface area (Å²) in [6.45, 7) is 8.48. The topological polar surface area (TPSA) is 88.9 Å². The number of pyridine rings is 1. The van der Waals surface area contributed by atoms with Gasteiger partial charge in [-0.1, -0.05) is 43.3 Å². The highest BCUT2D eigenvalue weighted by Crippen LogP contribution is 2.27. The van der Waals surface area contributed by atoms with Gasteiger partial charge in [-0.25, -0.2) is 4.68 Å². The smallest absolute Gasteiger partial charge is 0.252 e. The van der Waals surface area contributed by atoms with Gasteiger partial charge >= 0.3 is 0 Å². The number of aryl methyl sites for hydroxylation is 2. The number of benzene rings is 2. The standard InChI is InChI=1S/C26H32N6O2/c1-5-24(25-28-29-30-32(25)11-12-34-4)31(16-20-9-7-6-8-10-20)17-21-15-22-19(3)13-18(2)14-23(22)27-26(21)33/h6-10,13-15,24H,5,11-12,16-17H2,1-4H3,(H,27,33)/t24-/m0/s1. The fourth-order valence-electron chi connectivity index (χ4n) is 4.54. The van der Waals surface area contributed by atoms with Crippen molar-refractivity contribution in [3.05, 3.63) is 87.0 Å². The van der Waals surface area contributed by atoms with Crippen LogP contribution in [0.5, 0.6) is 0 Å². The van der Waals surface area contributed by atoms with Crippen molar-refractivity contribution in [3.63, 3.8) is 0 Å². The second-order valence-corrected chi connectivity index (χ2v) is 8.73. The Hall–Kier alpha value is -3.36. The minimum absolute atomic E-state index is 0.0654. The summed E-state index contributed by atoms with van der Waals surface area (Å²) in [7, 11) is 1.67. The molecule has 0 aliphatic heterocycles. The molecule has 2 aromatic heterocycles. The largest absolute Gasteiger partial charge is 0.383 e. The van der Waals surface area contributed by atoms with Gasteiger partial charge in [-0.2, -0.15) is 0 Å². The molecule has 0 aliphatic rings. The predicted molar refractivity (Wildman–Crippen MR) is 132 cm³/mol. The molecule has 0 aliphatic carbocycles. The van der Waals surface area contributed by atoms with Crippen LogP contribution in [0.15, 0.2) is 53.3 Å². The van der Waals surface area contributed by atoms with E-state index in [1.165, 1.54) is 5.56 Å². The van der Waals surface area contributed by atoms with Crippen LogP contribution in [0.4, 0.5) is 0 Å². The SMILES string of the molecule is CC[C@@H](c1nnnn1CCOC)N(Cc1ccccc1)Cc1cc2c(C)cc(C)cc2[nH]c1=O. The van der Waals surface area contributed by atoms with E-state index in [0.717, 1.165) is 39.8 Å². The zero-order valence-corrected chi connectivity index (χ0v) is 20.3. The number of aromatic nitrogens is 5. The summed E-state index contributed by atoms with van der Waals surface area (Å²) in [5.41, 5.74) is 4.98. The lowest BCUT2D eigenvalue weighted by atomic mass is 10.0. The van der Waals surface area contributed by atoms with Crippen LogP contribution in [0.1, 0.15) is 47.5 Å². The molecule has 0 saturated heterocycles. The number of nitrogens with one attached hydrogen (secondary N) is 1. The first-order valence-electron chi connectivity index (χ1n) is 11.7. The zero-order valence-electron chi connectivity index (χ0n) is 20.3. The van der Waals surface area contributed by atoms with Crippen molar-refractivity contribution in [2.24, 2.45) is 0 Å². The van der Waals surface area contributed by atoms with Crippen LogP contribution in [0.2, 0.25) is 0 Å². The highest BCUT2D eigenvalue weighted by molar-refractivity contribution is 5.83. The van der Waals surface area contributed by atoms with Gasteiger partial charge in [0.1, 0.15) is 0 Å². The third kappa shape index (κ3) is 5.24. The minimum Gasteiger partial charge on any atom is -0.383 e. The molecule has 8 nitrogen and oxygen atoms in total. The van der Waals surface area contributed by atoms with Gasteiger partial charge in [0, 0.05) is 36.7 Å². The van der Waals surface area contributed by atoms with Crippen LogP contribution in [0.25, 0.3) is 10.9 Å². The minimum atomic E-state index is -0.0683. The van der Waals surface area contributed by atoms with Crippen LogP contribution in [0.3, 0.4) is 0 Å². The average molecular weight is 461 g/mol. The maximum Gasteiger partial charge on any atom is 0.252 e. The first kappa shape index (κ1) is 23.8. The number of hydrogen-bond acceptors (Lipinski definition) is 6. The second kappa shape index (κ2) is 10.7. The summed E-state index contributed by atoms with van der Waals surface area (Å²) < 4.78 is 7.03. The molecule has 0 saturated carbocycles. The Labute approximate surface area is 199 Å². The van der Waals surface area contributed by atoms with Crippen molar-refractivity contribution in [2.45, 2.75) is 52.9 Å². The summed E-state index contributed by atoms with van der Waals surface area (Å²) in [4.78, 5) is 18.5. The van der Waals surface area contributed by atoms with Crippen LogP contribution < -0.4 is 5.56 Å². The van der Waals surface area contributed by atoms with E-state index in [0.29, 0.717) is 26.2 Å². The fraction of sp³-hybridized carbons (Fsp3) is 0.385. The lowest BCUT2D eigenvalue weighted by Gasteiger charge is -2.30. The molecule has 8 heteroatoms. The molecule has 1 N–H and O–H groups in total. The third-order valence-corrected chi connectivity index (χ3v) is 6.18. The summed E-state index contributed by atoms with van der Waals surface area (Å²) in [6, 6.07) is 16.4. The van der Waals surface area contributed by atoms with E-state index in [1.807, 2.05) is 37.3 Å². The Morgan fingerprint density at radius 3 is 2.65 bits per heavy atom. The number of H-pyrrole nitrogens is 1. The monoisotopic (exact) mass is 460 g/mol. The van der Waals surface area contributed by atoms with Crippen molar-refractivity contribution in [1.82, 2.24) is 30.1 Å². The molecule has 4 rings (SSSR count). The normalized spacial score (nSPS) is 12.5. The number of nitrogens with zero attached hydrogens (tertiary/aromatic N) is 5. The maximum atomic E-state index is 13.1. The molecule has 0 bridgehead atoms. The maximum absolute atomic E-state index is 13.1. The van der Waals surface area contributed by atoms with E-state index in [2.05, 4.69) is 57.5 Å². The number of tetrazole rings is 1. The number of methoxy groups -OCH3 is 1. The van der Waals surface area contributed by atoms with E-state index < -0.39 is 0 Å². The van der Waals surface area contributed by atoms with E-state index in [1.54, 1.807) is 11.8 Å². The molecule has 0 amide bonds. The molecule has 0 fully saturated rings. The Kier molecular flexibility index (Phi) is 7.49. The summed E-state index contributed by atoms with van der Waals surface area (Å²) in [6.07, 6.45) is 0.796. The Bertz CT molecular complexity index is 1300. The van der Waals surface area contributed by atoms with Gasteiger partial charge in [-0.15, -0.1) is 5.10 Å². The van der Waals surface area contributed by atoms with Crippen molar-refractivity contribution < 1.29 is 4.74 Å². The highest BCUT2D eigenvalue weighted by atomic mass is 16.5. The quantitative estimate of drug-likeness (QED) is 0.386. The third-order valence-electron chi connectivity index (χ3n) is 6.18. The molecule has 0 spiro atoms. The number of hydrogen-bond donors (Lipinski definition) is 1. The van der Waals surface area contributed by atoms with Gasteiger partial charge in [-0.3, -0.25) is 9.69 Å². The van der Waals surface area contributed by atoms with Gasteiger partial charge in [0.25, 0.3) is 5.56 Å². The highest BCUT2D eigenvalue weighted by Gasteiger charge is 2.26. The molecule has 4 aromatic rings. The first-order chi connectivity index (χ1) is 16.5. The average Bonchev–Trinajstić information content (AvgIpc) is 3.27. The van der Waals surface area contributed by atoms with Gasteiger partial charge in [0.05, 0.1) is 19.2 Å². The van der Waals surface area contributed by atoms with Crippen LogP contribution in [0, 0.1) is 13.8 Å². The zero-order chi connectivity index (χ0) is 24.1.